The molecule has 0 aliphatic carbocycles. The van der Waals surface area contributed by atoms with Crippen molar-refractivity contribution in [3.63, 3.8) is 0 Å². The van der Waals surface area contributed by atoms with Crippen LogP contribution in [0.3, 0.4) is 0 Å². The van der Waals surface area contributed by atoms with Gasteiger partial charge in [0.05, 0.1) is 36.6 Å². The second kappa shape index (κ2) is 26.4. The lowest BCUT2D eigenvalue weighted by Crippen LogP contribution is -2.60. The summed E-state index contributed by atoms with van der Waals surface area (Å²) in [6, 6.07) is 4.73. The normalized spacial score (nSPS) is 19.7. The number of unbranched alkanes of at least 4 members (excludes halogenated alkanes) is 2. The molecule has 1 saturated heterocycles. The van der Waals surface area contributed by atoms with E-state index >= 15 is 0 Å². The van der Waals surface area contributed by atoms with Crippen molar-refractivity contribution in [2.75, 3.05) is 34.9 Å². The molecule has 0 saturated carbocycles. The van der Waals surface area contributed by atoms with Gasteiger partial charge in [-0.3, -0.25) is 38.5 Å². The van der Waals surface area contributed by atoms with Gasteiger partial charge in [-0.1, -0.05) is 91.6 Å². The number of carboxylic acid groups (broad SMARTS) is 1. The fourth-order valence-corrected chi connectivity index (χ4v) is 9.58. The monoisotopic (exact) mass is 939 g/mol. The maximum absolute atomic E-state index is 14.6. The van der Waals surface area contributed by atoms with E-state index in [1.807, 2.05) is 54.5 Å². The predicted octanol–water partition coefficient (Wildman–Crippen LogP) is 4.22. The van der Waals surface area contributed by atoms with E-state index < -0.39 is 66.1 Å². The molecule has 0 aromatic heterocycles. The number of aliphatic carboxylic acids is 1. The predicted molar refractivity (Wildman–Crippen MR) is 253 cm³/mol. The number of nitrogens with zero attached hydrogens (tertiary/aromatic N) is 4. The second-order valence-electron chi connectivity index (χ2n) is 19.1. The maximum Gasteiger partial charge on any atom is 0.326 e. The average Bonchev–Trinajstić information content (AvgIpc) is 3.83. The van der Waals surface area contributed by atoms with Crippen LogP contribution in [0.4, 0.5) is 0 Å². The van der Waals surface area contributed by atoms with Crippen LogP contribution in [-0.2, 0) is 54.3 Å². The van der Waals surface area contributed by atoms with Crippen LogP contribution < -0.4 is 10.6 Å². The van der Waals surface area contributed by atoms with Crippen LogP contribution in [-0.4, -0.2) is 155 Å². The molecule has 2 aliphatic heterocycles. The van der Waals surface area contributed by atoms with Crippen molar-refractivity contribution in [1.82, 2.24) is 30.2 Å². The van der Waals surface area contributed by atoms with E-state index in [2.05, 4.69) is 10.6 Å². The standard InChI is InChI=1S/C50H78N6O11/c1-13-32(6)45(54(10)49(63)43(30(2)3)52-48(62)44(31(4)5)53(9)39(57)22-18-15-19-27-55-40(58)25-26-41(55)59)38(66-11)29-42(60)56-33(7)23-24-37(56)46(67-12)34(8)47(61)51-36(50(64)65)28-35-20-16-14-17-21-35/h14,16-17,20-21,25-26,30-34,36-38,43-46H,13,15,18-19,22-24,27-29H2,1-12H3,(H,51,61)(H,52,62)(H,64,65)/t32-,33-,34+,36-,37-,38?,43-,44-,45?,46+/m0/s1. The van der Waals surface area contributed by atoms with Crippen LogP contribution in [0.15, 0.2) is 42.5 Å². The number of likely N-dealkylation sites (tertiary alicyclic amines) is 1. The van der Waals surface area contributed by atoms with Crippen LogP contribution in [0.5, 0.6) is 0 Å². The van der Waals surface area contributed by atoms with Gasteiger partial charge in [0.2, 0.25) is 29.5 Å². The molecule has 2 aliphatic rings. The van der Waals surface area contributed by atoms with Crippen molar-refractivity contribution in [1.29, 1.82) is 0 Å². The lowest BCUT2D eigenvalue weighted by atomic mass is 9.89. The minimum Gasteiger partial charge on any atom is -0.480 e. The number of hydrogen-bond acceptors (Lipinski definition) is 10. The molecule has 1 fully saturated rings. The number of nitrogens with one attached hydrogen (secondary N) is 2. The smallest absolute Gasteiger partial charge is 0.326 e. The third kappa shape index (κ3) is 14.9. The summed E-state index contributed by atoms with van der Waals surface area (Å²) < 4.78 is 12.0. The van der Waals surface area contributed by atoms with E-state index in [4.69, 9.17) is 9.47 Å². The fourth-order valence-electron chi connectivity index (χ4n) is 9.58. The zero-order valence-corrected chi connectivity index (χ0v) is 41.9. The molecule has 67 heavy (non-hydrogen) atoms. The minimum absolute atomic E-state index is 0.0914. The van der Waals surface area contributed by atoms with Gasteiger partial charge < -0.3 is 39.9 Å². The largest absolute Gasteiger partial charge is 0.480 e. The van der Waals surface area contributed by atoms with Crippen molar-refractivity contribution in [3.8, 4) is 0 Å². The van der Waals surface area contributed by atoms with E-state index in [1.54, 1.807) is 55.1 Å². The van der Waals surface area contributed by atoms with Crippen molar-refractivity contribution < 1.29 is 52.9 Å². The van der Waals surface area contributed by atoms with Gasteiger partial charge in [0, 0.05) is 65.9 Å². The average molecular weight is 939 g/mol. The van der Waals surface area contributed by atoms with E-state index in [0.717, 1.165) is 5.56 Å². The highest BCUT2D eigenvalue weighted by atomic mass is 16.5. The SMILES string of the molecule is CC[C@H](C)C(C(CC(=O)N1[C@@H](C)CC[C@H]1[C@H](OC)[C@@H](C)C(=O)N[C@@H](Cc1ccccc1)C(=O)O)OC)N(C)C(=O)[C@@H](NC(=O)[C@H](C(C)C)N(C)C(=O)CCCCCN1C(=O)C=CC1=O)C(C)C. The Kier molecular flexibility index (Phi) is 22.1. The Morgan fingerprint density at radius 3 is 1.99 bits per heavy atom. The number of benzene rings is 1. The first kappa shape index (κ1) is 56.2. The highest BCUT2D eigenvalue weighted by Crippen LogP contribution is 2.33. The molecule has 1 aromatic rings. The first-order chi connectivity index (χ1) is 31.6. The lowest BCUT2D eigenvalue weighted by molar-refractivity contribution is -0.150. The zero-order valence-electron chi connectivity index (χ0n) is 41.9. The number of hydrogen-bond donors (Lipinski definition) is 3. The van der Waals surface area contributed by atoms with Gasteiger partial charge in [-0.25, -0.2) is 4.79 Å². The topological polar surface area (TPSA) is 212 Å². The van der Waals surface area contributed by atoms with Crippen LogP contribution >= 0.6 is 0 Å². The third-order valence-electron chi connectivity index (χ3n) is 13.7. The second-order valence-corrected chi connectivity index (χ2v) is 19.1. The Labute approximate surface area is 397 Å². The highest BCUT2D eigenvalue weighted by Gasteiger charge is 2.46. The van der Waals surface area contributed by atoms with Gasteiger partial charge >= 0.3 is 5.97 Å². The number of imide groups is 1. The minimum atomic E-state index is -1.17. The Bertz CT molecular complexity index is 1870. The first-order valence-corrected chi connectivity index (χ1v) is 23.9. The van der Waals surface area contributed by atoms with Gasteiger partial charge in [0.25, 0.3) is 11.8 Å². The molecule has 17 heteroatoms. The molecule has 1 aromatic carbocycles. The van der Waals surface area contributed by atoms with Crippen molar-refractivity contribution in [3.05, 3.63) is 48.0 Å². The summed E-state index contributed by atoms with van der Waals surface area (Å²) in [5.74, 6) is -5.28. The van der Waals surface area contributed by atoms with Gasteiger partial charge in [0.15, 0.2) is 0 Å². The summed E-state index contributed by atoms with van der Waals surface area (Å²) >= 11 is 0. The van der Waals surface area contributed by atoms with E-state index in [9.17, 15) is 43.5 Å². The molecule has 17 nitrogen and oxygen atoms in total. The van der Waals surface area contributed by atoms with Gasteiger partial charge in [-0.15, -0.1) is 0 Å². The zero-order chi connectivity index (χ0) is 50.3. The molecule has 10 atom stereocenters. The van der Waals surface area contributed by atoms with Crippen LogP contribution in [0, 0.1) is 23.7 Å². The number of carbonyl (C=O) groups is 8. The number of carbonyl (C=O) groups excluding carboxylic acids is 7. The molecule has 7 amide bonds. The molecule has 374 valence electrons. The summed E-state index contributed by atoms with van der Waals surface area (Å²) in [4.78, 5) is 112. The van der Waals surface area contributed by atoms with E-state index in [0.29, 0.717) is 38.5 Å². The molecule has 3 rings (SSSR count). The third-order valence-corrected chi connectivity index (χ3v) is 13.7. The van der Waals surface area contributed by atoms with Gasteiger partial charge in [0.1, 0.15) is 18.1 Å². The van der Waals surface area contributed by atoms with Gasteiger partial charge in [-0.05, 0) is 55.9 Å². The fraction of sp³-hybridized carbons (Fsp3) is 0.680. The lowest BCUT2D eigenvalue weighted by Gasteiger charge is -2.41. The number of likely N-dealkylation sites (N-methyl/N-ethyl adjacent to an activating group) is 2. The molecule has 0 radical (unpaired) electrons. The van der Waals surface area contributed by atoms with E-state index in [1.165, 1.54) is 36.2 Å². The van der Waals surface area contributed by atoms with Crippen molar-refractivity contribution in [2.45, 2.75) is 162 Å². The molecular formula is C50H78N6O11. The van der Waals surface area contributed by atoms with Crippen molar-refractivity contribution in [2.24, 2.45) is 23.7 Å². The quantitative estimate of drug-likeness (QED) is 0.0840. The summed E-state index contributed by atoms with van der Waals surface area (Å²) in [5.41, 5.74) is 0.761. The molecular weight excluding hydrogens is 861 g/mol. The molecule has 2 unspecified atom stereocenters. The van der Waals surface area contributed by atoms with E-state index in [-0.39, 0.29) is 79.1 Å². The number of ether oxygens (including phenoxy) is 2. The summed E-state index contributed by atoms with van der Waals surface area (Å²) in [6.07, 6.45) is 4.64. The van der Waals surface area contributed by atoms with Crippen LogP contribution in [0.1, 0.15) is 112 Å². The molecule has 3 N–H and O–H groups in total. The summed E-state index contributed by atoms with van der Waals surface area (Å²) in [6.45, 7) is 15.2. The number of rotatable bonds is 27. The Hall–Kier alpha value is -5.16. The number of carboxylic acids is 1. The maximum atomic E-state index is 14.6. The Balaban J connectivity index is 1.74. The van der Waals surface area contributed by atoms with Crippen LogP contribution in [0.25, 0.3) is 0 Å². The van der Waals surface area contributed by atoms with Crippen LogP contribution in [0.2, 0.25) is 0 Å². The molecule has 0 spiro atoms. The van der Waals surface area contributed by atoms with Gasteiger partial charge in [-0.2, -0.15) is 0 Å². The Morgan fingerprint density at radius 1 is 0.821 bits per heavy atom. The first-order valence-electron chi connectivity index (χ1n) is 23.9. The summed E-state index contributed by atoms with van der Waals surface area (Å²) in [7, 11) is 6.22. The Morgan fingerprint density at radius 2 is 1.45 bits per heavy atom. The number of amides is 7. The van der Waals surface area contributed by atoms with Crippen molar-refractivity contribution >= 4 is 47.3 Å². The molecule has 0 bridgehead atoms. The summed E-state index contributed by atoms with van der Waals surface area (Å²) in [5, 5.41) is 15.6. The number of methoxy groups -OCH3 is 2. The molecule has 2 heterocycles. The highest BCUT2D eigenvalue weighted by molar-refractivity contribution is 6.12.